The van der Waals surface area contributed by atoms with E-state index in [1.807, 2.05) is 29.2 Å². The minimum absolute atomic E-state index is 0.0988. The average Bonchev–Trinajstić information content (AvgIpc) is 3.34. The van der Waals surface area contributed by atoms with Gasteiger partial charge >= 0.3 is 0 Å². The summed E-state index contributed by atoms with van der Waals surface area (Å²) >= 11 is 0. The van der Waals surface area contributed by atoms with Crippen LogP contribution in [-0.2, 0) is 32.0 Å². The number of rotatable bonds is 14. The van der Waals surface area contributed by atoms with Crippen LogP contribution in [0.25, 0.3) is 11.4 Å². The van der Waals surface area contributed by atoms with Crippen LogP contribution in [0.15, 0.2) is 36.9 Å². The summed E-state index contributed by atoms with van der Waals surface area (Å²) in [7, 11) is 3.21. The van der Waals surface area contributed by atoms with Crippen LogP contribution in [-0.4, -0.2) is 77.3 Å². The van der Waals surface area contributed by atoms with Gasteiger partial charge in [-0.25, -0.2) is 0 Å². The second-order valence-electron chi connectivity index (χ2n) is 8.51. The Morgan fingerprint density at radius 1 is 1.24 bits per heavy atom. The Bertz CT molecular complexity index is 893. The maximum absolute atomic E-state index is 13.0. The van der Waals surface area contributed by atoms with Crippen molar-refractivity contribution in [3.8, 4) is 11.4 Å². The van der Waals surface area contributed by atoms with E-state index in [1.54, 1.807) is 20.3 Å². The average molecular weight is 472 g/mol. The van der Waals surface area contributed by atoms with Crippen molar-refractivity contribution in [2.75, 3.05) is 34.0 Å². The molecule has 0 bridgehead atoms. The second-order valence-corrected chi connectivity index (χ2v) is 8.51. The van der Waals surface area contributed by atoms with Gasteiger partial charge in [0.05, 0.1) is 32.7 Å². The lowest BCUT2D eigenvalue weighted by molar-refractivity contribution is -0.151. The molecule has 9 heteroatoms. The monoisotopic (exact) mass is 471 g/mol. The molecule has 1 aliphatic rings. The standard InChI is InChI=1S/C25H37N5O4/c1-4-15-30-27-25(26-28-30)21-10-8-9-20(18-21)13-16-34-17-14-23(31)29(19-24(32-2)33-3)22-11-6-5-7-12-22/h4,8-10,18,22,24H,1,5-7,11-17,19H2,2-3H3. The van der Waals surface area contributed by atoms with Crippen LogP contribution >= 0.6 is 0 Å². The van der Waals surface area contributed by atoms with E-state index < -0.39 is 6.29 Å². The largest absolute Gasteiger partial charge is 0.381 e. The van der Waals surface area contributed by atoms with Crippen molar-refractivity contribution in [3.05, 3.63) is 42.5 Å². The van der Waals surface area contributed by atoms with Crippen LogP contribution in [0.2, 0.25) is 0 Å². The number of carbonyl (C=O) groups is 1. The van der Waals surface area contributed by atoms with E-state index in [9.17, 15) is 4.79 Å². The smallest absolute Gasteiger partial charge is 0.225 e. The van der Waals surface area contributed by atoms with Gasteiger partial charge in [0.15, 0.2) is 6.29 Å². The highest BCUT2D eigenvalue weighted by Crippen LogP contribution is 2.24. The number of ether oxygens (including phenoxy) is 3. The lowest BCUT2D eigenvalue weighted by Gasteiger charge is -2.36. The molecular formula is C25H37N5O4. The number of hydrogen-bond donors (Lipinski definition) is 0. The van der Waals surface area contributed by atoms with Crippen molar-refractivity contribution in [3.63, 3.8) is 0 Å². The van der Waals surface area contributed by atoms with E-state index in [0.717, 1.165) is 43.2 Å². The van der Waals surface area contributed by atoms with E-state index in [1.165, 1.54) is 11.2 Å². The molecule has 1 aromatic carbocycles. The number of benzene rings is 1. The number of methoxy groups -OCH3 is 2. The summed E-state index contributed by atoms with van der Waals surface area (Å²) in [5.74, 6) is 0.685. The molecule has 1 fully saturated rings. The van der Waals surface area contributed by atoms with Gasteiger partial charge in [-0.05, 0) is 36.1 Å². The number of carbonyl (C=O) groups excluding carboxylic acids is 1. The predicted molar refractivity (Wildman–Crippen MR) is 129 cm³/mol. The number of allylic oxidation sites excluding steroid dienone is 1. The van der Waals surface area contributed by atoms with Crippen LogP contribution in [0.5, 0.6) is 0 Å². The molecule has 186 valence electrons. The maximum atomic E-state index is 13.0. The third kappa shape index (κ3) is 7.72. The van der Waals surface area contributed by atoms with Crippen molar-refractivity contribution in [1.82, 2.24) is 25.1 Å². The van der Waals surface area contributed by atoms with Crippen molar-refractivity contribution in [2.45, 2.75) is 63.8 Å². The highest BCUT2D eigenvalue weighted by atomic mass is 16.7. The highest BCUT2D eigenvalue weighted by molar-refractivity contribution is 5.76. The molecule has 9 nitrogen and oxygen atoms in total. The number of nitrogens with zero attached hydrogens (tertiary/aromatic N) is 5. The molecule has 1 aromatic heterocycles. The van der Waals surface area contributed by atoms with Gasteiger partial charge in [-0.3, -0.25) is 4.79 Å². The third-order valence-electron chi connectivity index (χ3n) is 6.13. The maximum Gasteiger partial charge on any atom is 0.225 e. The first-order valence-electron chi connectivity index (χ1n) is 12.1. The fourth-order valence-corrected chi connectivity index (χ4v) is 4.27. The summed E-state index contributed by atoms with van der Waals surface area (Å²) in [5.41, 5.74) is 2.03. The molecule has 1 heterocycles. The van der Waals surface area contributed by atoms with E-state index >= 15 is 0 Å². The van der Waals surface area contributed by atoms with Crippen molar-refractivity contribution in [2.24, 2.45) is 0 Å². The molecule has 1 saturated carbocycles. The molecule has 1 aliphatic carbocycles. The van der Waals surface area contributed by atoms with E-state index in [2.05, 4.69) is 22.0 Å². The molecule has 0 unspecified atom stereocenters. The molecule has 2 aromatic rings. The number of tetrazole rings is 1. The van der Waals surface area contributed by atoms with Gasteiger partial charge in [-0.2, -0.15) is 4.80 Å². The van der Waals surface area contributed by atoms with Gasteiger partial charge in [0.25, 0.3) is 0 Å². The fraction of sp³-hybridized carbons (Fsp3) is 0.600. The van der Waals surface area contributed by atoms with Crippen LogP contribution in [0, 0.1) is 0 Å². The fourth-order valence-electron chi connectivity index (χ4n) is 4.27. The van der Waals surface area contributed by atoms with Crippen LogP contribution in [0.3, 0.4) is 0 Å². The summed E-state index contributed by atoms with van der Waals surface area (Å²) in [5, 5.41) is 12.5. The summed E-state index contributed by atoms with van der Waals surface area (Å²) in [4.78, 5) is 16.4. The predicted octanol–water partition coefficient (Wildman–Crippen LogP) is 3.26. The zero-order valence-corrected chi connectivity index (χ0v) is 20.4. The second kappa shape index (κ2) is 13.9. The number of aromatic nitrogens is 4. The summed E-state index contributed by atoms with van der Waals surface area (Å²) < 4.78 is 16.5. The minimum atomic E-state index is -0.410. The molecule has 34 heavy (non-hydrogen) atoms. The SMILES string of the molecule is C=CCn1nnc(-c2cccc(CCOCCC(=O)N(CC(OC)OC)C3CCCCC3)c2)n1. The van der Waals surface area contributed by atoms with Gasteiger partial charge in [0.1, 0.15) is 0 Å². The first kappa shape index (κ1) is 26.0. The van der Waals surface area contributed by atoms with Crippen molar-refractivity contribution >= 4 is 5.91 Å². The van der Waals surface area contributed by atoms with E-state index in [4.69, 9.17) is 14.2 Å². The van der Waals surface area contributed by atoms with E-state index in [0.29, 0.717) is 38.5 Å². The molecule has 0 aliphatic heterocycles. The van der Waals surface area contributed by atoms with Crippen molar-refractivity contribution in [1.29, 1.82) is 0 Å². The first-order valence-corrected chi connectivity index (χ1v) is 12.1. The topological polar surface area (TPSA) is 91.6 Å². The van der Waals surface area contributed by atoms with Crippen molar-refractivity contribution < 1.29 is 19.0 Å². The molecule has 0 spiro atoms. The molecule has 0 N–H and O–H groups in total. The zero-order valence-electron chi connectivity index (χ0n) is 20.4. The van der Waals surface area contributed by atoms with Gasteiger partial charge < -0.3 is 19.1 Å². The Kier molecular flexibility index (Phi) is 10.7. The highest BCUT2D eigenvalue weighted by Gasteiger charge is 2.27. The Balaban J connectivity index is 1.46. The van der Waals surface area contributed by atoms with Gasteiger partial charge in [0.2, 0.25) is 11.7 Å². The Morgan fingerprint density at radius 2 is 2.03 bits per heavy atom. The lowest BCUT2D eigenvalue weighted by atomic mass is 9.94. The number of amides is 1. The molecule has 1 amide bonds. The van der Waals surface area contributed by atoms with Crippen LogP contribution in [0.4, 0.5) is 0 Å². The minimum Gasteiger partial charge on any atom is -0.381 e. The Hall–Kier alpha value is -2.62. The summed E-state index contributed by atoms with van der Waals surface area (Å²) in [6, 6.07) is 8.30. The Morgan fingerprint density at radius 3 is 2.76 bits per heavy atom. The lowest BCUT2D eigenvalue weighted by Crippen LogP contribution is -2.46. The number of hydrogen-bond acceptors (Lipinski definition) is 7. The zero-order chi connectivity index (χ0) is 24.2. The molecule has 0 atom stereocenters. The molecule has 0 saturated heterocycles. The van der Waals surface area contributed by atoms with E-state index in [-0.39, 0.29) is 11.9 Å². The molecule has 0 radical (unpaired) electrons. The van der Waals surface area contributed by atoms with Crippen LogP contribution in [0.1, 0.15) is 44.1 Å². The summed E-state index contributed by atoms with van der Waals surface area (Å²) in [6.45, 7) is 5.59. The van der Waals surface area contributed by atoms with Gasteiger partial charge in [-0.1, -0.05) is 43.5 Å². The van der Waals surface area contributed by atoms with Gasteiger partial charge in [0, 0.05) is 25.8 Å². The molecule has 3 rings (SSSR count). The van der Waals surface area contributed by atoms with Crippen LogP contribution < -0.4 is 0 Å². The summed E-state index contributed by atoms with van der Waals surface area (Å²) in [6.07, 6.45) is 8.06. The third-order valence-corrected chi connectivity index (χ3v) is 6.13. The Labute approximate surface area is 202 Å². The van der Waals surface area contributed by atoms with Gasteiger partial charge in [-0.15, -0.1) is 16.8 Å². The normalized spacial score (nSPS) is 14.4. The quantitative estimate of drug-likeness (QED) is 0.237. The first-order chi connectivity index (χ1) is 16.6. The molecular weight excluding hydrogens is 434 g/mol.